The highest BCUT2D eigenvalue weighted by atomic mass is 16.5. The second-order valence-corrected chi connectivity index (χ2v) is 8.50. The van der Waals surface area contributed by atoms with Crippen molar-refractivity contribution in [2.24, 2.45) is 0 Å². The molecule has 1 aromatic heterocycles. The van der Waals surface area contributed by atoms with Gasteiger partial charge in [0, 0.05) is 44.6 Å². The molecule has 2 aliphatic heterocycles. The SMILES string of the molecule is COCCN1[C@@H]2CC[C@H]1CC(OC(=O)c1cc3ccccc3n(C(C)C)c1=O)C2. The zero-order chi connectivity index (χ0) is 20.5. The Bertz CT molecular complexity index is 938. The van der Waals surface area contributed by atoms with Crippen LogP contribution in [0.5, 0.6) is 0 Å². The average molecular weight is 399 g/mol. The lowest BCUT2D eigenvalue weighted by molar-refractivity contribution is -0.0110. The number of methoxy groups -OCH3 is 1. The molecule has 2 fully saturated rings. The molecule has 1 unspecified atom stereocenters. The third-order valence-corrected chi connectivity index (χ3v) is 6.35. The molecule has 0 saturated carbocycles. The summed E-state index contributed by atoms with van der Waals surface area (Å²) in [5.41, 5.74) is 0.698. The van der Waals surface area contributed by atoms with Crippen molar-refractivity contribution in [2.45, 2.75) is 63.8 Å². The molecule has 2 aliphatic rings. The number of aromatic nitrogens is 1. The second-order valence-electron chi connectivity index (χ2n) is 8.50. The number of fused-ring (bicyclic) bond motifs is 3. The van der Waals surface area contributed by atoms with Crippen molar-refractivity contribution >= 4 is 16.9 Å². The van der Waals surface area contributed by atoms with E-state index in [2.05, 4.69) is 4.90 Å². The Labute approximate surface area is 171 Å². The van der Waals surface area contributed by atoms with Gasteiger partial charge in [-0.15, -0.1) is 0 Å². The van der Waals surface area contributed by atoms with Crippen LogP contribution in [0.2, 0.25) is 0 Å². The maximum atomic E-state index is 13.1. The molecule has 156 valence electrons. The van der Waals surface area contributed by atoms with Gasteiger partial charge in [-0.25, -0.2) is 4.79 Å². The van der Waals surface area contributed by atoms with Crippen LogP contribution in [-0.2, 0) is 9.47 Å². The number of hydrogen-bond donors (Lipinski definition) is 0. The zero-order valence-electron chi connectivity index (χ0n) is 17.5. The molecule has 3 atom stereocenters. The monoisotopic (exact) mass is 398 g/mol. The van der Waals surface area contributed by atoms with E-state index >= 15 is 0 Å². The third-order valence-electron chi connectivity index (χ3n) is 6.35. The van der Waals surface area contributed by atoms with E-state index in [1.54, 1.807) is 17.7 Å². The first-order valence-electron chi connectivity index (χ1n) is 10.6. The van der Waals surface area contributed by atoms with Crippen LogP contribution < -0.4 is 5.56 Å². The fraction of sp³-hybridized carbons (Fsp3) is 0.565. The predicted octanol–water partition coefficient (Wildman–Crippen LogP) is 3.38. The van der Waals surface area contributed by atoms with Crippen molar-refractivity contribution in [1.82, 2.24) is 9.47 Å². The molecule has 2 bridgehead atoms. The lowest BCUT2D eigenvalue weighted by atomic mass is 9.99. The van der Waals surface area contributed by atoms with Crippen LogP contribution in [-0.4, -0.2) is 53.9 Å². The summed E-state index contributed by atoms with van der Waals surface area (Å²) >= 11 is 0. The topological polar surface area (TPSA) is 60.8 Å². The Balaban J connectivity index is 1.55. The zero-order valence-corrected chi connectivity index (χ0v) is 17.5. The number of pyridine rings is 1. The molecule has 2 saturated heterocycles. The van der Waals surface area contributed by atoms with Gasteiger partial charge in [0.1, 0.15) is 11.7 Å². The molecule has 29 heavy (non-hydrogen) atoms. The predicted molar refractivity (Wildman–Crippen MR) is 112 cm³/mol. The first-order valence-corrected chi connectivity index (χ1v) is 10.6. The van der Waals surface area contributed by atoms with Crippen molar-refractivity contribution < 1.29 is 14.3 Å². The van der Waals surface area contributed by atoms with Crippen molar-refractivity contribution in [3.63, 3.8) is 0 Å². The van der Waals surface area contributed by atoms with Crippen LogP contribution in [0.4, 0.5) is 0 Å². The standard InChI is InChI=1S/C23H30N2O4/c1-15(2)25-21-7-5-4-6-16(21)12-20(22(25)26)23(27)29-19-13-17-8-9-18(14-19)24(17)10-11-28-3/h4-7,12,15,17-19H,8-11,13-14H2,1-3H3/t17-,18+,19?. The minimum absolute atomic E-state index is 0.0417. The highest BCUT2D eigenvalue weighted by Crippen LogP contribution is 2.36. The fourth-order valence-electron chi connectivity index (χ4n) is 5.04. The third kappa shape index (κ3) is 3.83. The molecule has 0 N–H and O–H groups in total. The Hall–Kier alpha value is -2.18. The van der Waals surface area contributed by atoms with Crippen molar-refractivity contribution in [3.05, 3.63) is 46.2 Å². The van der Waals surface area contributed by atoms with E-state index in [0.717, 1.165) is 49.7 Å². The minimum atomic E-state index is -0.495. The van der Waals surface area contributed by atoms with Crippen molar-refractivity contribution in [1.29, 1.82) is 0 Å². The molecule has 0 amide bonds. The van der Waals surface area contributed by atoms with Crippen LogP contribution in [0.1, 0.15) is 55.9 Å². The summed E-state index contributed by atoms with van der Waals surface area (Å²) in [6.45, 7) is 5.56. The smallest absolute Gasteiger partial charge is 0.344 e. The molecule has 1 aromatic carbocycles. The number of benzene rings is 1. The van der Waals surface area contributed by atoms with Crippen molar-refractivity contribution in [3.8, 4) is 0 Å². The van der Waals surface area contributed by atoms with Gasteiger partial charge in [0.15, 0.2) is 0 Å². The molecule has 6 heteroatoms. The summed E-state index contributed by atoms with van der Waals surface area (Å²) in [6.07, 6.45) is 3.81. The number of hydrogen-bond acceptors (Lipinski definition) is 5. The molecule has 0 radical (unpaired) electrons. The summed E-state index contributed by atoms with van der Waals surface area (Å²) in [5, 5.41) is 0.877. The van der Waals surface area contributed by atoms with Crippen LogP contribution in [0.25, 0.3) is 10.9 Å². The van der Waals surface area contributed by atoms with Gasteiger partial charge in [-0.3, -0.25) is 9.69 Å². The van der Waals surface area contributed by atoms with E-state index in [4.69, 9.17) is 9.47 Å². The van der Waals surface area contributed by atoms with E-state index in [1.807, 2.05) is 38.1 Å². The van der Waals surface area contributed by atoms with Gasteiger partial charge in [0.05, 0.1) is 12.1 Å². The van der Waals surface area contributed by atoms with Gasteiger partial charge < -0.3 is 14.0 Å². The number of rotatable bonds is 6. The number of piperidine rings is 1. The van der Waals surface area contributed by atoms with Crippen LogP contribution >= 0.6 is 0 Å². The van der Waals surface area contributed by atoms with Gasteiger partial charge >= 0.3 is 5.97 Å². The summed E-state index contributed by atoms with van der Waals surface area (Å²) < 4.78 is 12.8. The molecule has 3 heterocycles. The summed E-state index contributed by atoms with van der Waals surface area (Å²) in [7, 11) is 1.73. The molecule has 0 aliphatic carbocycles. The summed E-state index contributed by atoms with van der Waals surface area (Å²) in [5.74, 6) is -0.495. The van der Waals surface area contributed by atoms with E-state index < -0.39 is 5.97 Å². The van der Waals surface area contributed by atoms with E-state index in [9.17, 15) is 9.59 Å². The number of carbonyl (C=O) groups excluding carboxylic acids is 1. The van der Waals surface area contributed by atoms with E-state index in [-0.39, 0.29) is 23.3 Å². The lowest BCUT2D eigenvalue weighted by Crippen LogP contribution is -2.47. The Morgan fingerprint density at radius 3 is 2.52 bits per heavy atom. The van der Waals surface area contributed by atoms with Crippen LogP contribution in [0.15, 0.2) is 35.1 Å². The summed E-state index contributed by atoms with van der Waals surface area (Å²) in [6, 6.07) is 10.2. The number of esters is 1. The lowest BCUT2D eigenvalue weighted by Gasteiger charge is -2.38. The number of para-hydroxylation sites is 1. The van der Waals surface area contributed by atoms with Crippen LogP contribution in [0.3, 0.4) is 0 Å². The van der Waals surface area contributed by atoms with Gasteiger partial charge in [-0.1, -0.05) is 18.2 Å². The van der Waals surface area contributed by atoms with E-state index in [0.29, 0.717) is 12.1 Å². The quantitative estimate of drug-likeness (QED) is 0.698. The molecule has 6 nitrogen and oxygen atoms in total. The molecule has 2 aromatic rings. The Morgan fingerprint density at radius 2 is 1.86 bits per heavy atom. The largest absolute Gasteiger partial charge is 0.459 e. The molecule has 4 rings (SSSR count). The Kier molecular flexibility index (Phi) is 5.74. The Morgan fingerprint density at radius 1 is 1.17 bits per heavy atom. The maximum Gasteiger partial charge on any atom is 0.344 e. The van der Waals surface area contributed by atoms with Crippen molar-refractivity contribution in [2.75, 3.05) is 20.3 Å². The van der Waals surface area contributed by atoms with Crippen LogP contribution in [0, 0.1) is 0 Å². The highest BCUT2D eigenvalue weighted by molar-refractivity contribution is 5.94. The van der Waals surface area contributed by atoms with Gasteiger partial charge in [0.2, 0.25) is 0 Å². The average Bonchev–Trinajstić information content (AvgIpc) is 2.93. The molecule has 0 spiro atoms. The molecular weight excluding hydrogens is 368 g/mol. The number of carbonyl (C=O) groups is 1. The number of nitrogens with zero attached hydrogens (tertiary/aromatic N) is 2. The summed E-state index contributed by atoms with van der Waals surface area (Å²) in [4.78, 5) is 28.5. The highest BCUT2D eigenvalue weighted by Gasteiger charge is 2.41. The maximum absolute atomic E-state index is 13.1. The number of ether oxygens (including phenoxy) is 2. The van der Waals surface area contributed by atoms with Gasteiger partial charge in [-0.05, 0) is 44.2 Å². The normalized spacial score (nSPS) is 24.3. The van der Waals surface area contributed by atoms with Gasteiger partial charge in [-0.2, -0.15) is 0 Å². The van der Waals surface area contributed by atoms with E-state index in [1.165, 1.54) is 0 Å². The molecular formula is C23H30N2O4. The van der Waals surface area contributed by atoms with Gasteiger partial charge in [0.25, 0.3) is 5.56 Å². The second kappa shape index (κ2) is 8.28. The first-order chi connectivity index (χ1) is 14.0. The minimum Gasteiger partial charge on any atom is -0.459 e. The fourth-order valence-corrected chi connectivity index (χ4v) is 5.04. The first kappa shape index (κ1) is 20.1.